The van der Waals surface area contributed by atoms with E-state index in [1.807, 2.05) is 24.6 Å². The standard InChI is InChI=1S/C15H25ClN4O/c1-12(2)20-11-13(16)10-14(20)15(21)18-4-3-7-19-8-5-17-6-9-19/h10-12,17H,3-9H2,1-2H3,(H,18,21). The lowest BCUT2D eigenvalue weighted by Gasteiger charge is -2.27. The number of rotatable bonds is 6. The third-order valence-electron chi connectivity index (χ3n) is 3.75. The van der Waals surface area contributed by atoms with Crippen molar-refractivity contribution in [1.29, 1.82) is 0 Å². The van der Waals surface area contributed by atoms with Crippen LogP contribution < -0.4 is 10.6 Å². The van der Waals surface area contributed by atoms with E-state index >= 15 is 0 Å². The first kappa shape index (κ1) is 16.3. The van der Waals surface area contributed by atoms with Crippen LogP contribution in [0.25, 0.3) is 0 Å². The number of carbonyl (C=O) groups excluding carboxylic acids is 1. The van der Waals surface area contributed by atoms with E-state index in [1.165, 1.54) is 0 Å². The minimum Gasteiger partial charge on any atom is -0.351 e. The molecular formula is C15H25ClN4O. The molecule has 1 fully saturated rings. The highest BCUT2D eigenvalue weighted by Crippen LogP contribution is 2.18. The molecule has 1 saturated heterocycles. The summed E-state index contributed by atoms with van der Waals surface area (Å²) in [5, 5.41) is 6.93. The second kappa shape index (κ2) is 7.82. The zero-order chi connectivity index (χ0) is 15.2. The Hall–Kier alpha value is -1.04. The van der Waals surface area contributed by atoms with E-state index in [0.29, 0.717) is 17.3 Å². The van der Waals surface area contributed by atoms with E-state index in [-0.39, 0.29) is 11.9 Å². The van der Waals surface area contributed by atoms with E-state index < -0.39 is 0 Å². The van der Waals surface area contributed by atoms with Crippen LogP contribution in [-0.2, 0) is 0 Å². The van der Waals surface area contributed by atoms with Crippen LogP contribution in [0.4, 0.5) is 0 Å². The number of nitrogens with one attached hydrogen (secondary N) is 2. The van der Waals surface area contributed by atoms with Gasteiger partial charge in [0, 0.05) is 45.0 Å². The summed E-state index contributed by atoms with van der Waals surface area (Å²) in [4.78, 5) is 14.6. The SMILES string of the molecule is CC(C)n1cc(Cl)cc1C(=O)NCCCN1CCNCC1. The monoisotopic (exact) mass is 312 g/mol. The number of aromatic nitrogens is 1. The Kier molecular flexibility index (Phi) is 6.08. The van der Waals surface area contributed by atoms with Gasteiger partial charge >= 0.3 is 0 Å². The third kappa shape index (κ3) is 4.73. The Bertz CT molecular complexity index is 466. The van der Waals surface area contributed by atoms with E-state index in [0.717, 1.165) is 39.1 Å². The van der Waals surface area contributed by atoms with Crippen LogP contribution in [0, 0.1) is 0 Å². The van der Waals surface area contributed by atoms with Gasteiger partial charge in [0.1, 0.15) is 5.69 Å². The maximum Gasteiger partial charge on any atom is 0.267 e. The van der Waals surface area contributed by atoms with Gasteiger partial charge in [-0.2, -0.15) is 0 Å². The van der Waals surface area contributed by atoms with Gasteiger partial charge in [-0.05, 0) is 32.9 Å². The molecule has 21 heavy (non-hydrogen) atoms. The summed E-state index contributed by atoms with van der Waals surface area (Å²) in [6, 6.07) is 1.95. The number of piperazine rings is 1. The average Bonchev–Trinajstić information content (AvgIpc) is 2.87. The molecule has 0 unspecified atom stereocenters. The largest absolute Gasteiger partial charge is 0.351 e. The lowest BCUT2D eigenvalue weighted by molar-refractivity contribution is 0.0940. The highest BCUT2D eigenvalue weighted by atomic mass is 35.5. The minimum absolute atomic E-state index is 0.0455. The first-order chi connectivity index (χ1) is 10.1. The van der Waals surface area contributed by atoms with Crippen LogP contribution in [0.1, 0.15) is 36.8 Å². The maximum atomic E-state index is 12.2. The summed E-state index contributed by atoms with van der Waals surface area (Å²) in [6.07, 6.45) is 2.78. The normalized spacial score (nSPS) is 16.4. The van der Waals surface area contributed by atoms with Crippen molar-refractivity contribution in [2.45, 2.75) is 26.3 Å². The highest BCUT2D eigenvalue weighted by Gasteiger charge is 2.15. The summed E-state index contributed by atoms with van der Waals surface area (Å²) in [7, 11) is 0. The maximum absolute atomic E-state index is 12.2. The highest BCUT2D eigenvalue weighted by molar-refractivity contribution is 6.31. The molecule has 0 saturated carbocycles. The summed E-state index contributed by atoms with van der Waals surface area (Å²) in [5.41, 5.74) is 0.636. The van der Waals surface area contributed by atoms with Crippen LogP contribution >= 0.6 is 11.6 Å². The van der Waals surface area contributed by atoms with Crippen molar-refractivity contribution in [3.8, 4) is 0 Å². The molecule has 2 rings (SSSR count). The molecule has 0 spiro atoms. The van der Waals surface area contributed by atoms with Gasteiger partial charge in [0.15, 0.2) is 0 Å². The topological polar surface area (TPSA) is 49.3 Å². The van der Waals surface area contributed by atoms with E-state index in [9.17, 15) is 4.79 Å². The van der Waals surface area contributed by atoms with Gasteiger partial charge in [-0.25, -0.2) is 0 Å². The number of carbonyl (C=O) groups is 1. The summed E-state index contributed by atoms with van der Waals surface area (Å²) in [6.45, 7) is 10.1. The van der Waals surface area contributed by atoms with E-state index in [4.69, 9.17) is 11.6 Å². The first-order valence-corrected chi connectivity index (χ1v) is 8.04. The molecule has 0 bridgehead atoms. The molecule has 1 aromatic rings. The van der Waals surface area contributed by atoms with Gasteiger partial charge in [-0.15, -0.1) is 0 Å². The second-order valence-electron chi connectivity index (χ2n) is 5.75. The van der Waals surface area contributed by atoms with Crippen LogP contribution in [0.2, 0.25) is 5.02 Å². The molecule has 2 N–H and O–H groups in total. The quantitative estimate of drug-likeness (QED) is 0.787. The predicted molar refractivity (Wildman–Crippen MR) is 86.1 cm³/mol. The number of nitrogens with zero attached hydrogens (tertiary/aromatic N) is 2. The Morgan fingerprint density at radius 2 is 2.14 bits per heavy atom. The molecule has 5 nitrogen and oxygen atoms in total. The molecule has 0 atom stereocenters. The Morgan fingerprint density at radius 1 is 1.43 bits per heavy atom. The van der Waals surface area contributed by atoms with E-state index in [2.05, 4.69) is 15.5 Å². The molecule has 1 aliphatic rings. The fourth-order valence-corrected chi connectivity index (χ4v) is 2.79. The van der Waals surface area contributed by atoms with E-state index in [1.54, 1.807) is 6.07 Å². The Labute approximate surface area is 131 Å². The minimum atomic E-state index is -0.0455. The van der Waals surface area contributed by atoms with Gasteiger partial charge < -0.3 is 20.1 Å². The van der Waals surface area contributed by atoms with Crippen molar-refractivity contribution in [1.82, 2.24) is 20.1 Å². The van der Waals surface area contributed by atoms with Crippen molar-refractivity contribution < 1.29 is 4.79 Å². The van der Waals surface area contributed by atoms with Crippen LogP contribution in [0.5, 0.6) is 0 Å². The zero-order valence-electron chi connectivity index (χ0n) is 12.9. The van der Waals surface area contributed by atoms with Gasteiger partial charge in [0.25, 0.3) is 5.91 Å². The predicted octanol–water partition coefficient (Wildman–Crippen LogP) is 1.75. The Balaban J connectivity index is 1.76. The van der Waals surface area contributed by atoms with Crippen LogP contribution in [-0.4, -0.2) is 54.6 Å². The number of amides is 1. The van der Waals surface area contributed by atoms with Crippen molar-refractivity contribution in [2.75, 3.05) is 39.3 Å². The van der Waals surface area contributed by atoms with Gasteiger partial charge in [-0.1, -0.05) is 11.6 Å². The van der Waals surface area contributed by atoms with Crippen molar-refractivity contribution in [2.24, 2.45) is 0 Å². The molecule has 1 aromatic heterocycles. The van der Waals surface area contributed by atoms with Gasteiger partial charge in [-0.3, -0.25) is 4.79 Å². The van der Waals surface area contributed by atoms with Crippen molar-refractivity contribution in [3.63, 3.8) is 0 Å². The molecule has 0 radical (unpaired) electrons. The summed E-state index contributed by atoms with van der Waals surface area (Å²) < 4.78 is 1.91. The Morgan fingerprint density at radius 3 is 2.81 bits per heavy atom. The summed E-state index contributed by atoms with van der Waals surface area (Å²) >= 11 is 6.00. The molecule has 0 aliphatic carbocycles. The van der Waals surface area contributed by atoms with Gasteiger partial charge in [0.05, 0.1) is 5.02 Å². The van der Waals surface area contributed by atoms with Crippen LogP contribution in [0.3, 0.4) is 0 Å². The number of hydrogen-bond donors (Lipinski definition) is 2. The third-order valence-corrected chi connectivity index (χ3v) is 3.96. The lowest BCUT2D eigenvalue weighted by Crippen LogP contribution is -2.44. The molecule has 2 heterocycles. The van der Waals surface area contributed by atoms with Gasteiger partial charge in [0.2, 0.25) is 0 Å². The fraction of sp³-hybridized carbons (Fsp3) is 0.667. The number of halogens is 1. The molecule has 118 valence electrons. The number of hydrogen-bond acceptors (Lipinski definition) is 3. The lowest BCUT2D eigenvalue weighted by atomic mass is 10.3. The molecule has 0 aromatic carbocycles. The molecular weight excluding hydrogens is 288 g/mol. The summed E-state index contributed by atoms with van der Waals surface area (Å²) in [5.74, 6) is -0.0455. The molecule has 6 heteroatoms. The smallest absolute Gasteiger partial charge is 0.267 e. The fourth-order valence-electron chi connectivity index (χ4n) is 2.58. The first-order valence-electron chi connectivity index (χ1n) is 7.66. The van der Waals surface area contributed by atoms with Crippen LogP contribution in [0.15, 0.2) is 12.3 Å². The molecule has 1 aliphatic heterocycles. The second-order valence-corrected chi connectivity index (χ2v) is 6.18. The van der Waals surface area contributed by atoms with Crippen molar-refractivity contribution >= 4 is 17.5 Å². The molecule has 1 amide bonds. The average molecular weight is 313 g/mol. The zero-order valence-corrected chi connectivity index (χ0v) is 13.6. The van der Waals surface area contributed by atoms with Crippen molar-refractivity contribution in [3.05, 3.63) is 23.0 Å².